The molecule has 0 radical (unpaired) electrons. The Hall–Kier alpha value is -1.81. The van der Waals surface area contributed by atoms with E-state index in [1.807, 2.05) is 57.2 Å². The lowest BCUT2D eigenvalue weighted by molar-refractivity contribution is -0.138. The van der Waals surface area contributed by atoms with Crippen molar-refractivity contribution in [2.75, 3.05) is 5.32 Å². The second-order valence-corrected chi connectivity index (χ2v) is 6.15. The first-order valence-corrected chi connectivity index (χ1v) is 7.50. The van der Waals surface area contributed by atoms with Crippen molar-refractivity contribution in [2.45, 2.75) is 26.8 Å². The molecule has 0 fully saturated rings. The van der Waals surface area contributed by atoms with Crippen LogP contribution in [0, 0.1) is 20.8 Å². The largest absolute Gasteiger partial charge is 0.479 e. The molecule has 0 bridgehead atoms. The van der Waals surface area contributed by atoms with Crippen LogP contribution < -0.4 is 5.32 Å². The van der Waals surface area contributed by atoms with Crippen LogP contribution in [-0.2, 0) is 4.79 Å². The van der Waals surface area contributed by atoms with Gasteiger partial charge in [-0.15, -0.1) is 0 Å². The minimum absolute atomic E-state index is 0.764. The highest BCUT2D eigenvalue weighted by Gasteiger charge is 2.23. The summed E-state index contributed by atoms with van der Waals surface area (Å²) in [7, 11) is 0. The van der Waals surface area contributed by atoms with E-state index in [1.165, 1.54) is 0 Å². The molecule has 0 spiro atoms. The molecule has 2 rings (SSSR count). The van der Waals surface area contributed by atoms with Crippen molar-refractivity contribution >= 4 is 27.6 Å². The molecule has 110 valence electrons. The van der Waals surface area contributed by atoms with Gasteiger partial charge in [-0.2, -0.15) is 0 Å². The Bertz CT molecular complexity index is 659. The number of rotatable bonds is 4. The van der Waals surface area contributed by atoms with Gasteiger partial charge in [0.1, 0.15) is 0 Å². The summed E-state index contributed by atoms with van der Waals surface area (Å²) in [6.07, 6.45) is 0. The maximum absolute atomic E-state index is 11.7. The van der Waals surface area contributed by atoms with E-state index in [2.05, 4.69) is 21.2 Å². The highest BCUT2D eigenvalue weighted by molar-refractivity contribution is 9.10. The number of halogens is 1. The normalized spacial score (nSPS) is 12.0. The van der Waals surface area contributed by atoms with Gasteiger partial charge in [0.15, 0.2) is 6.04 Å². The van der Waals surface area contributed by atoms with Crippen LogP contribution in [0.4, 0.5) is 5.69 Å². The lowest BCUT2D eigenvalue weighted by Gasteiger charge is -2.21. The van der Waals surface area contributed by atoms with E-state index in [9.17, 15) is 9.90 Å². The van der Waals surface area contributed by atoms with E-state index in [0.717, 1.165) is 32.4 Å². The Labute approximate surface area is 133 Å². The zero-order valence-corrected chi connectivity index (χ0v) is 13.9. The Morgan fingerprint density at radius 1 is 1.14 bits per heavy atom. The predicted octanol–water partition coefficient (Wildman–Crippen LogP) is 4.61. The van der Waals surface area contributed by atoms with Gasteiger partial charge in [-0.3, -0.25) is 0 Å². The first kappa shape index (κ1) is 15.6. The zero-order valence-electron chi connectivity index (χ0n) is 12.3. The Balaban J connectivity index is 2.43. The van der Waals surface area contributed by atoms with E-state index >= 15 is 0 Å². The van der Waals surface area contributed by atoms with Crippen molar-refractivity contribution in [3.8, 4) is 0 Å². The van der Waals surface area contributed by atoms with Gasteiger partial charge in [0.05, 0.1) is 0 Å². The van der Waals surface area contributed by atoms with E-state index in [0.29, 0.717) is 0 Å². The second kappa shape index (κ2) is 6.31. The number of carbonyl (C=O) groups is 1. The summed E-state index contributed by atoms with van der Waals surface area (Å²) >= 11 is 3.40. The summed E-state index contributed by atoms with van der Waals surface area (Å²) in [5, 5.41) is 12.7. The zero-order chi connectivity index (χ0) is 15.6. The van der Waals surface area contributed by atoms with Crippen molar-refractivity contribution < 1.29 is 9.90 Å². The molecule has 0 heterocycles. The first-order valence-electron chi connectivity index (χ1n) is 6.71. The molecule has 0 aliphatic rings. The average molecular weight is 348 g/mol. The molecule has 0 aliphatic heterocycles. The van der Waals surface area contributed by atoms with E-state index < -0.39 is 12.0 Å². The summed E-state index contributed by atoms with van der Waals surface area (Å²) in [6.45, 7) is 5.92. The molecule has 1 atom stereocenters. The highest BCUT2D eigenvalue weighted by atomic mass is 79.9. The molecule has 0 amide bonds. The molecule has 0 aromatic heterocycles. The van der Waals surface area contributed by atoms with Crippen LogP contribution in [-0.4, -0.2) is 11.1 Å². The molecule has 0 saturated carbocycles. The summed E-state index contributed by atoms with van der Waals surface area (Å²) in [5.41, 5.74) is 4.72. The molecule has 3 nitrogen and oxygen atoms in total. The van der Waals surface area contributed by atoms with Crippen molar-refractivity contribution in [1.29, 1.82) is 0 Å². The van der Waals surface area contributed by atoms with Gasteiger partial charge in [-0.25, -0.2) is 4.79 Å². The van der Waals surface area contributed by atoms with Crippen LogP contribution in [0.2, 0.25) is 0 Å². The van der Waals surface area contributed by atoms with Crippen LogP contribution in [0.25, 0.3) is 0 Å². The topological polar surface area (TPSA) is 49.3 Å². The summed E-state index contributed by atoms with van der Waals surface area (Å²) in [4.78, 5) is 11.7. The number of benzene rings is 2. The smallest absolute Gasteiger partial charge is 0.330 e. The SMILES string of the molecule is Cc1cc(C)c(C(Nc2cccc(Br)c2)C(=O)O)c(C)c1. The Morgan fingerprint density at radius 2 is 1.76 bits per heavy atom. The number of hydrogen-bond acceptors (Lipinski definition) is 2. The number of aliphatic carboxylic acids is 1. The second-order valence-electron chi connectivity index (χ2n) is 5.24. The maximum atomic E-state index is 11.7. The maximum Gasteiger partial charge on any atom is 0.330 e. The highest BCUT2D eigenvalue weighted by Crippen LogP contribution is 2.28. The predicted molar refractivity (Wildman–Crippen MR) is 88.8 cm³/mol. The van der Waals surface area contributed by atoms with Crippen molar-refractivity contribution in [2.24, 2.45) is 0 Å². The fourth-order valence-corrected chi connectivity index (χ4v) is 3.05. The molecule has 2 aromatic carbocycles. The Kier molecular flexibility index (Phi) is 4.68. The van der Waals surface area contributed by atoms with Crippen LogP contribution >= 0.6 is 15.9 Å². The van der Waals surface area contributed by atoms with Gasteiger partial charge in [0, 0.05) is 10.2 Å². The van der Waals surface area contributed by atoms with E-state index in [4.69, 9.17) is 0 Å². The molecule has 1 unspecified atom stereocenters. The van der Waals surface area contributed by atoms with Crippen LogP contribution in [0.3, 0.4) is 0 Å². The number of nitrogens with one attached hydrogen (secondary N) is 1. The van der Waals surface area contributed by atoms with Gasteiger partial charge in [0.2, 0.25) is 0 Å². The standard InChI is InChI=1S/C17H18BrNO2/c1-10-7-11(2)15(12(3)8-10)16(17(20)21)19-14-6-4-5-13(18)9-14/h4-9,16,19H,1-3H3,(H,20,21). The number of carboxylic acids is 1. The minimum Gasteiger partial charge on any atom is -0.479 e. The van der Waals surface area contributed by atoms with E-state index in [1.54, 1.807) is 0 Å². The molecule has 0 saturated heterocycles. The van der Waals surface area contributed by atoms with Crippen molar-refractivity contribution in [1.82, 2.24) is 0 Å². The van der Waals surface area contributed by atoms with Gasteiger partial charge in [-0.1, -0.05) is 39.7 Å². The lowest BCUT2D eigenvalue weighted by atomic mass is 9.94. The quantitative estimate of drug-likeness (QED) is 0.848. The summed E-state index contributed by atoms with van der Waals surface area (Å²) < 4.78 is 0.911. The number of carboxylic acid groups (broad SMARTS) is 1. The van der Waals surface area contributed by atoms with Gasteiger partial charge < -0.3 is 10.4 Å². The molecule has 2 aromatic rings. The van der Waals surface area contributed by atoms with Crippen LogP contribution in [0.15, 0.2) is 40.9 Å². The number of hydrogen-bond donors (Lipinski definition) is 2. The molecule has 4 heteroatoms. The third kappa shape index (κ3) is 3.64. The van der Waals surface area contributed by atoms with E-state index in [-0.39, 0.29) is 0 Å². The fraction of sp³-hybridized carbons (Fsp3) is 0.235. The molecular weight excluding hydrogens is 330 g/mol. The summed E-state index contributed by atoms with van der Waals surface area (Å²) in [6, 6.07) is 10.8. The average Bonchev–Trinajstić information content (AvgIpc) is 2.36. The molecule has 0 aliphatic carbocycles. The van der Waals surface area contributed by atoms with Gasteiger partial charge >= 0.3 is 5.97 Å². The fourth-order valence-electron chi connectivity index (χ4n) is 2.65. The molecule has 2 N–H and O–H groups in total. The minimum atomic E-state index is -0.884. The Morgan fingerprint density at radius 3 is 2.29 bits per heavy atom. The van der Waals surface area contributed by atoms with Crippen molar-refractivity contribution in [3.63, 3.8) is 0 Å². The third-order valence-corrected chi connectivity index (χ3v) is 3.90. The van der Waals surface area contributed by atoms with Crippen molar-refractivity contribution in [3.05, 3.63) is 63.1 Å². The molecular formula is C17H18BrNO2. The number of aryl methyl sites for hydroxylation is 3. The van der Waals surface area contributed by atoms with Gasteiger partial charge in [0.25, 0.3) is 0 Å². The van der Waals surface area contributed by atoms with Crippen LogP contribution in [0.1, 0.15) is 28.3 Å². The van der Waals surface area contributed by atoms with Crippen LogP contribution in [0.5, 0.6) is 0 Å². The molecule has 21 heavy (non-hydrogen) atoms. The lowest BCUT2D eigenvalue weighted by Crippen LogP contribution is -2.22. The monoisotopic (exact) mass is 347 g/mol. The van der Waals surface area contributed by atoms with Gasteiger partial charge in [-0.05, 0) is 55.7 Å². The number of anilines is 1. The first-order chi connectivity index (χ1) is 9.88. The summed E-state index contributed by atoms with van der Waals surface area (Å²) in [5.74, 6) is -0.884. The third-order valence-electron chi connectivity index (χ3n) is 3.41.